The Balaban J connectivity index is 2.57. The molecule has 0 saturated carbocycles. The minimum atomic E-state index is -3.95. The molecule has 2 rings (SSSR count). The minimum absolute atomic E-state index is 0.272. The van der Waals surface area contributed by atoms with Gasteiger partial charge in [-0.2, -0.15) is 0 Å². The Bertz CT molecular complexity index is 758. The van der Waals surface area contributed by atoms with Crippen LogP contribution < -0.4 is 5.14 Å². The summed E-state index contributed by atoms with van der Waals surface area (Å²) in [6.45, 7) is 2.57. The summed E-state index contributed by atoms with van der Waals surface area (Å²) in [5.74, 6) is 0.428. The van der Waals surface area contributed by atoms with Gasteiger partial charge in [-0.3, -0.25) is 4.57 Å². The van der Waals surface area contributed by atoms with Crippen LogP contribution in [0.2, 0.25) is 0 Å². The van der Waals surface area contributed by atoms with E-state index in [-0.39, 0.29) is 11.7 Å². The summed E-state index contributed by atoms with van der Waals surface area (Å²) in [7, 11) is -2.42. The minimum Gasteiger partial charge on any atom is -0.383 e. The van der Waals surface area contributed by atoms with E-state index >= 15 is 0 Å². The quantitative estimate of drug-likeness (QED) is 0.849. The highest BCUT2D eigenvalue weighted by molar-refractivity contribution is 9.10. The predicted molar refractivity (Wildman–Crippen MR) is 81.1 cm³/mol. The number of aryl methyl sites for hydroxylation is 1. The van der Waals surface area contributed by atoms with Gasteiger partial charge in [-0.05, 0) is 18.6 Å². The second-order valence-corrected chi connectivity index (χ2v) is 6.77. The number of benzene rings is 1. The Kier molecular flexibility index (Phi) is 4.77. The maximum Gasteiger partial charge on any atom is 0.273 e. The number of halogens is 1. The molecular formula is C12H15BrN4O3S. The van der Waals surface area contributed by atoms with Crippen molar-refractivity contribution in [2.45, 2.75) is 18.6 Å². The molecule has 2 N–H and O–H groups in total. The van der Waals surface area contributed by atoms with Gasteiger partial charge in [-0.15, -0.1) is 10.2 Å². The fraction of sp³-hybridized carbons (Fsp3) is 0.333. The monoisotopic (exact) mass is 374 g/mol. The fourth-order valence-electron chi connectivity index (χ4n) is 1.83. The summed E-state index contributed by atoms with van der Waals surface area (Å²) in [5, 5.41) is 12.6. The molecule has 0 aliphatic carbocycles. The van der Waals surface area contributed by atoms with E-state index in [1.807, 2.05) is 25.1 Å². The van der Waals surface area contributed by atoms with Crippen molar-refractivity contribution >= 4 is 26.0 Å². The number of hydrogen-bond donors (Lipinski definition) is 1. The highest BCUT2D eigenvalue weighted by Gasteiger charge is 2.22. The molecule has 114 valence electrons. The van der Waals surface area contributed by atoms with Gasteiger partial charge in [0.2, 0.25) is 0 Å². The maximum atomic E-state index is 11.6. The van der Waals surface area contributed by atoms with Gasteiger partial charge in [0.05, 0.1) is 13.2 Å². The molecule has 21 heavy (non-hydrogen) atoms. The number of methoxy groups -OCH3 is 1. The predicted octanol–water partition coefficient (Wildman–Crippen LogP) is 1.31. The van der Waals surface area contributed by atoms with Gasteiger partial charge in [0.25, 0.3) is 15.2 Å². The summed E-state index contributed by atoms with van der Waals surface area (Å²) in [5.41, 5.74) is 1.80. The molecule has 1 aromatic heterocycles. The van der Waals surface area contributed by atoms with Crippen LogP contribution >= 0.6 is 15.9 Å². The molecule has 7 nitrogen and oxygen atoms in total. The average Bonchev–Trinajstić information content (AvgIpc) is 2.83. The van der Waals surface area contributed by atoms with E-state index < -0.39 is 10.0 Å². The number of sulfonamides is 1. The summed E-state index contributed by atoms with van der Waals surface area (Å²) < 4.78 is 30.5. The van der Waals surface area contributed by atoms with Crippen LogP contribution in [-0.4, -0.2) is 36.9 Å². The topological polar surface area (TPSA) is 100 Å². The second kappa shape index (κ2) is 6.22. The lowest BCUT2D eigenvalue weighted by Crippen LogP contribution is -2.20. The van der Waals surface area contributed by atoms with Gasteiger partial charge in [0.1, 0.15) is 0 Å². The largest absolute Gasteiger partial charge is 0.383 e. The van der Waals surface area contributed by atoms with Gasteiger partial charge in [-0.1, -0.05) is 28.1 Å². The second-order valence-electron chi connectivity index (χ2n) is 4.46. The molecule has 1 heterocycles. The van der Waals surface area contributed by atoms with E-state index in [0.717, 1.165) is 15.6 Å². The summed E-state index contributed by atoms with van der Waals surface area (Å²) in [6.07, 6.45) is 0. The molecule has 9 heteroatoms. The molecule has 0 unspecified atom stereocenters. The number of nitrogens with zero attached hydrogens (tertiary/aromatic N) is 3. The lowest BCUT2D eigenvalue weighted by molar-refractivity contribution is 0.185. The first kappa shape index (κ1) is 16.1. The van der Waals surface area contributed by atoms with Crippen molar-refractivity contribution in [2.24, 2.45) is 5.14 Å². The van der Waals surface area contributed by atoms with Crippen LogP contribution in [0.1, 0.15) is 5.56 Å². The van der Waals surface area contributed by atoms with Crippen LogP contribution in [0, 0.1) is 6.92 Å². The van der Waals surface area contributed by atoms with Gasteiger partial charge >= 0.3 is 0 Å². The number of hydrogen-bond acceptors (Lipinski definition) is 5. The van der Waals surface area contributed by atoms with Crippen molar-refractivity contribution in [1.29, 1.82) is 0 Å². The van der Waals surface area contributed by atoms with E-state index in [4.69, 9.17) is 9.88 Å². The molecule has 0 bridgehead atoms. The standard InChI is InChI=1S/C12H15BrN4O3S/c1-8-3-4-9(7-10(8)13)11-15-16-12(21(14,18)19)17(11)5-6-20-2/h3-4,7H,5-6H2,1-2H3,(H2,14,18,19). The van der Waals surface area contributed by atoms with E-state index in [2.05, 4.69) is 26.1 Å². The van der Waals surface area contributed by atoms with E-state index in [1.54, 1.807) is 0 Å². The van der Waals surface area contributed by atoms with Crippen LogP contribution in [0.4, 0.5) is 0 Å². The van der Waals surface area contributed by atoms with Crippen molar-refractivity contribution in [2.75, 3.05) is 13.7 Å². The first-order chi connectivity index (χ1) is 9.84. The zero-order valence-corrected chi connectivity index (χ0v) is 14.0. The Morgan fingerprint density at radius 1 is 1.38 bits per heavy atom. The first-order valence-electron chi connectivity index (χ1n) is 6.06. The lowest BCUT2D eigenvalue weighted by atomic mass is 10.1. The van der Waals surface area contributed by atoms with Gasteiger partial charge < -0.3 is 4.74 Å². The van der Waals surface area contributed by atoms with Crippen molar-refractivity contribution in [3.63, 3.8) is 0 Å². The number of nitrogens with two attached hydrogens (primary N) is 1. The Hall–Kier alpha value is -1.29. The SMILES string of the molecule is COCCn1c(-c2ccc(C)c(Br)c2)nnc1S(N)(=O)=O. The number of ether oxygens (including phenoxy) is 1. The average molecular weight is 375 g/mol. The van der Waals surface area contributed by atoms with Crippen molar-refractivity contribution in [3.8, 4) is 11.4 Å². The highest BCUT2D eigenvalue weighted by atomic mass is 79.9. The van der Waals surface area contributed by atoms with Crippen molar-refractivity contribution < 1.29 is 13.2 Å². The molecule has 0 radical (unpaired) electrons. The van der Waals surface area contributed by atoms with Gasteiger partial charge in [0, 0.05) is 17.1 Å². The molecule has 0 fully saturated rings. The van der Waals surface area contributed by atoms with E-state index in [9.17, 15) is 8.42 Å². The smallest absolute Gasteiger partial charge is 0.273 e. The van der Waals surface area contributed by atoms with Crippen LogP contribution in [0.3, 0.4) is 0 Å². The van der Waals surface area contributed by atoms with E-state index in [1.165, 1.54) is 11.7 Å². The molecule has 0 aliphatic rings. The molecule has 0 saturated heterocycles. The van der Waals surface area contributed by atoms with Crippen LogP contribution in [0.15, 0.2) is 27.8 Å². The van der Waals surface area contributed by atoms with Gasteiger partial charge in [0.15, 0.2) is 5.82 Å². The van der Waals surface area contributed by atoms with Crippen LogP contribution in [0.5, 0.6) is 0 Å². The number of aromatic nitrogens is 3. The third-order valence-corrected chi connectivity index (χ3v) is 4.59. The lowest BCUT2D eigenvalue weighted by Gasteiger charge is -2.09. The maximum absolute atomic E-state index is 11.6. The Morgan fingerprint density at radius 3 is 2.67 bits per heavy atom. The first-order valence-corrected chi connectivity index (χ1v) is 8.40. The normalized spacial score (nSPS) is 11.8. The molecule has 0 atom stereocenters. The third-order valence-electron chi connectivity index (χ3n) is 2.92. The third kappa shape index (κ3) is 3.49. The van der Waals surface area contributed by atoms with Crippen molar-refractivity contribution in [1.82, 2.24) is 14.8 Å². The number of primary sulfonamides is 1. The Morgan fingerprint density at radius 2 is 2.10 bits per heavy atom. The van der Waals surface area contributed by atoms with Crippen LogP contribution in [-0.2, 0) is 21.3 Å². The zero-order valence-electron chi connectivity index (χ0n) is 11.6. The molecule has 0 amide bonds. The van der Waals surface area contributed by atoms with E-state index in [0.29, 0.717) is 12.4 Å². The molecule has 2 aromatic rings. The number of rotatable bonds is 5. The summed E-state index contributed by atoms with van der Waals surface area (Å²) in [6, 6.07) is 5.61. The summed E-state index contributed by atoms with van der Waals surface area (Å²) >= 11 is 3.44. The molecule has 0 spiro atoms. The zero-order chi connectivity index (χ0) is 15.6. The summed E-state index contributed by atoms with van der Waals surface area (Å²) in [4.78, 5) is 0. The van der Waals surface area contributed by atoms with Crippen LogP contribution in [0.25, 0.3) is 11.4 Å². The highest BCUT2D eigenvalue weighted by Crippen LogP contribution is 2.25. The Labute approximate surface area is 131 Å². The van der Waals surface area contributed by atoms with Gasteiger partial charge in [-0.25, -0.2) is 13.6 Å². The fourth-order valence-corrected chi connectivity index (χ4v) is 2.85. The molecular weight excluding hydrogens is 360 g/mol. The van der Waals surface area contributed by atoms with Crippen molar-refractivity contribution in [3.05, 3.63) is 28.2 Å². The molecule has 1 aromatic carbocycles. The molecule has 0 aliphatic heterocycles.